The number of benzene rings is 2. The molecule has 118 valence electrons. The van der Waals surface area contributed by atoms with E-state index in [0.29, 0.717) is 22.1 Å². The van der Waals surface area contributed by atoms with Crippen molar-refractivity contribution in [2.45, 2.75) is 6.92 Å². The molecule has 0 radical (unpaired) electrons. The van der Waals surface area contributed by atoms with Crippen LogP contribution in [0, 0.1) is 6.92 Å². The first-order valence-electron chi connectivity index (χ1n) is 7.13. The molecule has 0 aliphatic carbocycles. The van der Waals surface area contributed by atoms with Crippen molar-refractivity contribution < 1.29 is 14.3 Å². The first-order chi connectivity index (χ1) is 11.0. The first-order valence-corrected chi connectivity index (χ1v) is 7.50. The number of carbonyl (C=O) groups excluding carboxylic acids is 2. The highest BCUT2D eigenvalue weighted by molar-refractivity contribution is 6.31. The Balaban J connectivity index is 1.75. The van der Waals surface area contributed by atoms with Gasteiger partial charge in [-0.15, -0.1) is 0 Å². The van der Waals surface area contributed by atoms with Gasteiger partial charge >= 0.3 is 0 Å². The molecule has 0 saturated heterocycles. The van der Waals surface area contributed by atoms with E-state index < -0.39 is 0 Å². The Morgan fingerprint density at radius 3 is 2.87 bits per heavy atom. The van der Waals surface area contributed by atoms with E-state index in [1.165, 1.54) is 4.90 Å². The molecule has 0 unspecified atom stereocenters. The number of nitrogens with one attached hydrogen (secondary N) is 1. The average Bonchev–Trinajstić information content (AvgIpc) is 2.54. The molecule has 1 heterocycles. The molecule has 3 rings (SSSR count). The van der Waals surface area contributed by atoms with Crippen LogP contribution in [0.3, 0.4) is 0 Å². The van der Waals surface area contributed by atoms with Crippen molar-refractivity contribution in [3.8, 4) is 5.75 Å². The van der Waals surface area contributed by atoms with Crippen LogP contribution < -0.4 is 15.0 Å². The zero-order valence-corrected chi connectivity index (χ0v) is 13.3. The number of nitrogens with zero attached hydrogens (tertiary/aromatic N) is 1. The monoisotopic (exact) mass is 330 g/mol. The Hall–Kier alpha value is -2.53. The molecule has 23 heavy (non-hydrogen) atoms. The Morgan fingerprint density at radius 1 is 1.30 bits per heavy atom. The van der Waals surface area contributed by atoms with Gasteiger partial charge < -0.3 is 10.1 Å². The zero-order valence-electron chi connectivity index (χ0n) is 12.5. The number of halogens is 1. The largest absolute Gasteiger partial charge is 0.482 e. The Bertz CT molecular complexity index is 776. The normalized spacial score (nSPS) is 13.3. The molecular formula is C17H15ClN2O3. The molecule has 0 spiro atoms. The van der Waals surface area contributed by atoms with Gasteiger partial charge in [0.25, 0.3) is 5.91 Å². The van der Waals surface area contributed by atoms with Gasteiger partial charge in [0.2, 0.25) is 5.91 Å². The van der Waals surface area contributed by atoms with Gasteiger partial charge in [-0.3, -0.25) is 14.5 Å². The lowest BCUT2D eigenvalue weighted by atomic mass is 10.2. The molecule has 1 N–H and O–H groups in total. The summed E-state index contributed by atoms with van der Waals surface area (Å²) in [6.07, 6.45) is 0. The van der Waals surface area contributed by atoms with E-state index in [0.717, 1.165) is 5.56 Å². The Kier molecular flexibility index (Phi) is 4.21. The van der Waals surface area contributed by atoms with Crippen molar-refractivity contribution in [1.29, 1.82) is 0 Å². The summed E-state index contributed by atoms with van der Waals surface area (Å²) in [7, 11) is 0. The summed E-state index contributed by atoms with van der Waals surface area (Å²) in [6, 6.07) is 12.4. The first kappa shape index (κ1) is 15.4. The third-order valence-electron chi connectivity index (χ3n) is 3.57. The van der Waals surface area contributed by atoms with Crippen molar-refractivity contribution >= 4 is 34.8 Å². The molecule has 0 atom stereocenters. The van der Waals surface area contributed by atoms with Crippen molar-refractivity contribution in [3.63, 3.8) is 0 Å². The van der Waals surface area contributed by atoms with E-state index in [2.05, 4.69) is 5.32 Å². The van der Waals surface area contributed by atoms with Gasteiger partial charge in [0.05, 0.1) is 5.69 Å². The lowest BCUT2D eigenvalue weighted by Gasteiger charge is -2.28. The maximum absolute atomic E-state index is 12.2. The summed E-state index contributed by atoms with van der Waals surface area (Å²) >= 11 is 6.05. The fraction of sp³-hybridized carbons (Fsp3) is 0.176. The summed E-state index contributed by atoms with van der Waals surface area (Å²) in [5.74, 6) is 0.0500. The van der Waals surface area contributed by atoms with Crippen molar-refractivity contribution in [3.05, 3.63) is 53.1 Å². The van der Waals surface area contributed by atoms with E-state index >= 15 is 0 Å². The van der Waals surface area contributed by atoms with Gasteiger partial charge in [-0.05, 0) is 36.8 Å². The van der Waals surface area contributed by atoms with Gasteiger partial charge in [0.15, 0.2) is 6.61 Å². The van der Waals surface area contributed by atoms with Crippen LogP contribution in [-0.4, -0.2) is 25.0 Å². The zero-order chi connectivity index (χ0) is 16.4. The summed E-state index contributed by atoms with van der Waals surface area (Å²) in [5.41, 5.74) is 2.13. The Labute approximate surface area is 138 Å². The SMILES string of the molecule is Cc1ccc(NC(=O)CN2C(=O)COc3ccccc32)cc1Cl. The van der Waals surface area contributed by atoms with Crippen molar-refractivity contribution in [2.75, 3.05) is 23.4 Å². The number of anilines is 2. The smallest absolute Gasteiger partial charge is 0.265 e. The molecule has 0 saturated carbocycles. The predicted molar refractivity (Wildman–Crippen MR) is 89.1 cm³/mol. The molecule has 2 aromatic rings. The summed E-state index contributed by atoms with van der Waals surface area (Å²) in [5, 5.41) is 3.33. The number of rotatable bonds is 3. The number of hydrogen-bond acceptors (Lipinski definition) is 3. The molecule has 1 aliphatic rings. The maximum atomic E-state index is 12.2. The minimum atomic E-state index is -0.296. The van der Waals surface area contributed by atoms with Crippen molar-refractivity contribution in [1.82, 2.24) is 0 Å². The third kappa shape index (κ3) is 3.29. The number of hydrogen-bond donors (Lipinski definition) is 1. The number of amides is 2. The third-order valence-corrected chi connectivity index (χ3v) is 3.97. The molecule has 6 heteroatoms. The highest BCUT2D eigenvalue weighted by Crippen LogP contribution is 2.31. The summed E-state index contributed by atoms with van der Waals surface area (Å²) in [6.45, 7) is 1.74. The standard InChI is InChI=1S/C17H15ClN2O3/c1-11-6-7-12(8-13(11)18)19-16(21)9-20-14-4-2-3-5-15(14)23-10-17(20)22/h2-8H,9-10H2,1H3,(H,19,21). The van der Waals surface area contributed by atoms with Gasteiger partial charge in [0, 0.05) is 10.7 Å². The topological polar surface area (TPSA) is 58.6 Å². The van der Waals surface area contributed by atoms with Crippen LogP contribution in [0.25, 0.3) is 0 Å². The molecule has 2 amide bonds. The second-order valence-electron chi connectivity index (χ2n) is 5.25. The molecule has 0 fully saturated rings. The quantitative estimate of drug-likeness (QED) is 0.941. The van der Waals surface area contributed by atoms with Crippen LogP contribution in [0.2, 0.25) is 5.02 Å². The summed E-state index contributed by atoms with van der Waals surface area (Å²) < 4.78 is 5.35. The Morgan fingerprint density at radius 2 is 2.09 bits per heavy atom. The molecule has 5 nitrogen and oxygen atoms in total. The van der Waals surface area contributed by atoms with Crippen LogP contribution in [0.1, 0.15) is 5.56 Å². The highest BCUT2D eigenvalue weighted by atomic mass is 35.5. The average molecular weight is 331 g/mol. The second kappa shape index (κ2) is 6.30. The second-order valence-corrected chi connectivity index (χ2v) is 5.66. The lowest BCUT2D eigenvalue weighted by molar-refractivity contribution is -0.123. The predicted octanol–water partition coefficient (Wildman–Crippen LogP) is 3.01. The molecule has 0 bridgehead atoms. The molecule has 1 aliphatic heterocycles. The van der Waals surface area contributed by atoms with E-state index in [4.69, 9.17) is 16.3 Å². The minimum absolute atomic E-state index is 0.0688. The fourth-order valence-electron chi connectivity index (χ4n) is 2.34. The highest BCUT2D eigenvalue weighted by Gasteiger charge is 2.26. The van der Waals surface area contributed by atoms with Crippen LogP contribution in [0.15, 0.2) is 42.5 Å². The number of ether oxygens (including phenoxy) is 1. The van der Waals surface area contributed by atoms with Crippen molar-refractivity contribution in [2.24, 2.45) is 0 Å². The van der Waals surface area contributed by atoms with Gasteiger partial charge in [0.1, 0.15) is 12.3 Å². The molecular weight excluding hydrogens is 316 g/mol. The number of aryl methyl sites for hydroxylation is 1. The fourth-order valence-corrected chi connectivity index (χ4v) is 2.52. The molecule has 2 aromatic carbocycles. The van der Waals surface area contributed by atoms with E-state index in [1.807, 2.05) is 19.1 Å². The lowest BCUT2D eigenvalue weighted by Crippen LogP contribution is -2.43. The van der Waals surface area contributed by atoms with Gasteiger partial charge in [-0.2, -0.15) is 0 Å². The minimum Gasteiger partial charge on any atom is -0.482 e. The van der Waals surface area contributed by atoms with Gasteiger partial charge in [-0.1, -0.05) is 29.8 Å². The molecule has 0 aromatic heterocycles. The van der Waals surface area contributed by atoms with Crippen LogP contribution in [0.5, 0.6) is 5.75 Å². The van der Waals surface area contributed by atoms with Crippen LogP contribution in [-0.2, 0) is 9.59 Å². The summed E-state index contributed by atoms with van der Waals surface area (Å²) in [4.78, 5) is 25.7. The van der Waals surface area contributed by atoms with Crippen LogP contribution in [0.4, 0.5) is 11.4 Å². The van der Waals surface area contributed by atoms with E-state index in [-0.39, 0.29) is 25.0 Å². The number of carbonyl (C=O) groups is 2. The van der Waals surface area contributed by atoms with Gasteiger partial charge in [-0.25, -0.2) is 0 Å². The maximum Gasteiger partial charge on any atom is 0.265 e. The van der Waals surface area contributed by atoms with E-state index in [1.54, 1.807) is 30.3 Å². The number of fused-ring (bicyclic) bond motifs is 1. The van der Waals surface area contributed by atoms with Crippen LogP contribution >= 0.6 is 11.6 Å². The number of para-hydroxylation sites is 2. The van der Waals surface area contributed by atoms with E-state index in [9.17, 15) is 9.59 Å².